The van der Waals surface area contributed by atoms with Crippen molar-refractivity contribution >= 4 is 90.6 Å². The molecule has 0 unspecified atom stereocenters. The van der Waals surface area contributed by atoms with E-state index >= 15 is 0 Å². The molecule has 0 radical (unpaired) electrons. The molecule has 11 aromatic heterocycles. The minimum absolute atomic E-state index is 0.0250. The number of carbonyl (C=O) groups excluding carboxylic acids is 1. The second-order valence-electron chi connectivity index (χ2n) is 34.4. The summed E-state index contributed by atoms with van der Waals surface area (Å²) in [5.74, 6) is 4.63. The van der Waals surface area contributed by atoms with Crippen molar-refractivity contribution < 1.29 is 15.0 Å². The van der Waals surface area contributed by atoms with Crippen molar-refractivity contribution in [1.82, 2.24) is 87.2 Å². The molecule has 25 nitrogen and oxygen atoms in total. The van der Waals surface area contributed by atoms with Crippen LogP contribution in [0.2, 0.25) is 0 Å². The molecule has 676 valence electrons. The summed E-state index contributed by atoms with van der Waals surface area (Å²) >= 11 is 6.22. The molecule has 0 saturated carbocycles. The summed E-state index contributed by atoms with van der Waals surface area (Å²) in [6.07, 6.45) is 7.34. The standard InChI is InChI=1S/C27H27N5OS.C26H25N5O2S.C26H25N5OS.C26H24N4O2S/c1-16(2)21-8-6-7-9-22(21)25-28-14-23-26(30-25)32(27(33)31(23)5)15-19-10-12-20(13-11-19)24-17(3)34-18(4)29-24;1-16(2)19-6-4-5-7-20(19)24-27-12-21-25(29-24)31(26(33)30(21)3)13-17-8-10-18(11-9-17)23-22(14-32)34-15-28-23;1-16(2)20-7-5-6-8-21(20)24-27-13-22-25(29-24)31(26(32)30(22)4)14-18-9-11-19(12-10-18)23-17(3)33-15-28-23;1-16(2)20-5-3-4-6-21(20)25-27-12-19-11-23(32)30(26(19)29-25)13-17-7-9-18(10-8-17)24-22(14-31)33-15-28-24/h6-14,16H,15H2,1-5H3;4-12,15-16,32H,13-14H2,1-3H3;5-13,15-16H,14H2,1-4H3;3-10,12,15-16,31H,11,13-14H2,1-2H3. The van der Waals surface area contributed by atoms with Crippen molar-refractivity contribution in [3.8, 4) is 90.6 Å². The van der Waals surface area contributed by atoms with Crippen molar-refractivity contribution in [3.63, 3.8) is 0 Å². The lowest BCUT2D eigenvalue weighted by molar-refractivity contribution is -0.117. The minimum Gasteiger partial charge on any atom is -0.391 e. The van der Waals surface area contributed by atoms with Crippen LogP contribution < -0.4 is 22.0 Å². The first-order valence-corrected chi connectivity index (χ1v) is 47.8. The Labute approximate surface area is 791 Å². The molecule has 1 aliphatic rings. The van der Waals surface area contributed by atoms with E-state index in [0.29, 0.717) is 108 Å². The Morgan fingerprint density at radius 2 is 0.657 bits per heavy atom. The Hall–Kier alpha value is -14.2. The summed E-state index contributed by atoms with van der Waals surface area (Å²) < 4.78 is 9.96. The van der Waals surface area contributed by atoms with E-state index in [1.54, 1.807) is 112 Å². The van der Waals surface area contributed by atoms with E-state index in [2.05, 4.69) is 182 Å². The number of aryl methyl sites for hydroxylation is 6. The van der Waals surface area contributed by atoms with Gasteiger partial charge in [-0.2, -0.15) is 0 Å². The minimum atomic E-state index is -0.135. The maximum Gasteiger partial charge on any atom is 0.330 e. The highest BCUT2D eigenvalue weighted by molar-refractivity contribution is 7.12. The summed E-state index contributed by atoms with van der Waals surface area (Å²) in [6.45, 7) is 25.1. The number of aromatic nitrogens is 18. The molecular weight excluding hydrogens is 1750 g/mol. The fraction of sp³-hybridized carbons (Fsp3) is 0.238. The van der Waals surface area contributed by atoms with Crippen LogP contribution in [0, 0.1) is 20.8 Å². The van der Waals surface area contributed by atoms with Gasteiger partial charge in [-0.3, -0.25) is 37.1 Å². The Balaban J connectivity index is 0.000000124. The van der Waals surface area contributed by atoms with Crippen LogP contribution in [0.15, 0.2) is 250 Å². The van der Waals surface area contributed by atoms with Crippen LogP contribution in [-0.4, -0.2) is 103 Å². The number of thiazole rings is 4. The molecule has 1 aliphatic heterocycles. The predicted octanol–water partition coefficient (Wildman–Crippen LogP) is 20.7. The van der Waals surface area contributed by atoms with Crippen LogP contribution in [0.4, 0.5) is 5.82 Å². The maximum atomic E-state index is 13.1. The largest absolute Gasteiger partial charge is 0.391 e. The zero-order valence-electron chi connectivity index (χ0n) is 76.9. The number of fused-ring (bicyclic) bond motifs is 4. The Kier molecular flexibility index (Phi) is 27.2. The van der Waals surface area contributed by atoms with E-state index in [1.165, 1.54) is 54.7 Å². The maximum absolute atomic E-state index is 13.1. The molecule has 20 rings (SSSR count). The second kappa shape index (κ2) is 39.7. The van der Waals surface area contributed by atoms with Gasteiger partial charge in [-0.1, -0.05) is 250 Å². The molecule has 12 heterocycles. The quantitative estimate of drug-likeness (QED) is 0.0637. The van der Waals surface area contributed by atoms with Gasteiger partial charge >= 0.3 is 17.1 Å². The highest BCUT2D eigenvalue weighted by atomic mass is 32.1. The summed E-state index contributed by atoms with van der Waals surface area (Å²) in [5, 5.41) is 20.1. The van der Waals surface area contributed by atoms with E-state index < -0.39 is 0 Å². The summed E-state index contributed by atoms with van der Waals surface area (Å²) in [6, 6.07) is 65.0. The lowest BCUT2D eigenvalue weighted by Crippen LogP contribution is -2.26. The van der Waals surface area contributed by atoms with Crippen molar-refractivity contribution in [3.05, 3.63) is 341 Å². The second-order valence-corrected chi connectivity index (χ2v) is 38.7. The Bertz CT molecular complexity index is 7720. The zero-order valence-corrected chi connectivity index (χ0v) is 80.2. The first-order chi connectivity index (χ1) is 64.8. The molecule has 19 aromatic rings. The number of amides is 1. The number of hydrogen-bond acceptors (Lipinski definition) is 22. The monoisotopic (exact) mass is 1850 g/mol. The first kappa shape index (κ1) is 91.7. The highest BCUT2D eigenvalue weighted by Crippen LogP contribution is 2.38. The van der Waals surface area contributed by atoms with Crippen molar-refractivity contribution in [1.29, 1.82) is 0 Å². The van der Waals surface area contributed by atoms with Crippen molar-refractivity contribution in [2.45, 2.75) is 146 Å². The van der Waals surface area contributed by atoms with Crippen LogP contribution in [0.5, 0.6) is 0 Å². The smallest absolute Gasteiger partial charge is 0.330 e. The van der Waals surface area contributed by atoms with Gasteiger partial charge in [0.05, 0.1) is 118 Å². The van der Waals surface area contributed by atoms with Crippen molar-refractivity contribution in [2.75, 3.05) is 4.90 Å². The topological polar surface area (TPSA) is 296 Å². The molecular formula is C105H101N19O6S4. The van der Waals surface area contributed by atoms with E-state index in [9.17, 15) is 29.4 Å². The molecule has 1 amide bonds. The lowest BCUT2D eigenvalue weighted by Gasteiger charge is -2.18. The van der Waals surface area contributed by atoms with Crippen LogP contribution in [-0.2, 0) is 71.8 Å². The summed E-state index contributed by atoms with van der Waals surface area (Å²) in [5.41, 5.74) is 30.4. The third kappa shape index (κ3) is 18.9. The fourth-order valence-electron chi connectivity index (χ4n) is 17.0. The number of carbonyl (C=O) groups is 1. The number of hydrogen-bond donors (Lipinski definition) is 2. The molecule has 0 atom stereocenters. The fourth-order valence-corrected chi connectivity index (χ4v) is 19.7. The number of aliphatic hydroxyl groups excluding tert-OH is 2. The number of nitrogens with zero attached hydrogens (tertiary/aromatic N) is 19. The van der Waals surface area contributed by atoms with Gasteiger partial charge in [-0.25, -0.2) is 74.2 Å². The van der Waals surface area contributed by atoms with E-state index in [0.717, 1.165) is 121 Å². The number of rotatable bonds is 22. The molecule has 29 heteroatoms. The third-order valence-electron chi connectivity index (χ3n) is 24.2. The molecule has 8 aromatic carbocycles. The van der Waals surface area contributed by atoms with Gasteiger partial charge in [0.25, 0.3) is 0 Å². The molecule has 0 bridgehead atoms. The lowest BCUT2D eigenvalue weighted by atomic mass is 9.97. The Morgan fingerprint density at radius 1 is 0.343 bits per heavy atom. The normalized spacial score (nSPS) is 11.9. The predicted molar refractivity (Wildman–Crippen MR) is 537 cm³/mol. The van der Waals surface area contributed by atoms with Gasteiger partial charge in [0.15, 0.2) is 40.2 Å². The van der Waals surface area contributed by atoms with E-state index in [4.69, 9.17) is 19.9 Å². The van der Waals surface area contributed by atoms with Gasteiger partial charge < -0.3 is 10.2 Å². The van der Waals surface area contributed by atoms with Crippen LogP contribution in [0.25, 0.3) is 124 Å². The summed E-state index contributed by atoms with van der Waals surface area (Å²) in [4.78, 5) is 114. The molecule has 2 N–H and O–H groups in total. The SMILES string of the molecule is CC(C)c1ccccc1-c1ncc2c(n1)N(Cc1ccc(-c3ncsc3CO)cc1)C(=O)C2.CC(C)c1ccccc1-c1ncc2c(n1)n(Cc1ccc(-c3ncsc3CO)cc1)c(=O)n2C.Cc1nc(-c2ccc(Cn3c(=O)n(C)c4cnc(-c5ccccc5C(C)C)nc43)cc2)c(C)s1.Cc1scnc1-c1ccc(Cn2c(=O)n(C)c3cnc(-c4ccccc4C(C)C)nc32)cc1. The van der Waals surface area contributed by atoms with Crippen LogP contribution >= 0.6 is 45.3 Å². The average molecular weight is 1850 g/mol. The number of aliphatic hydroxyl groups is 2. The van der Waals surface area contributed by atoms with Gasteiger partial charge in [-0.15, -0.1) is 45.3 Å². The van der Waals surface area contributed by atoms with Crippen LogP contribution in [0.3, 0.4) is 0 Å². The molecule has 0 spiro atoms. The van der Waals surface area contributed by atoms with Gasteiger partial charge in [0, 0.05) is 87.2 Å². The van der Waals surface area contributed by atoms with Gasteiger partial charge in [-0.05, 0) is 89.0 Å². The molecule has 0 fully saturated rings. The van der Waals surface area contributed by atoms with E-state index in [-0.39, 0.29) is 36.2 Å². The molecule has 0 aliphatic carbocycles. The van der Waals surface area contributed by atoms with Gasteiger partial charge in [0.2, 0.25) is 5.91 Å². The molecule has 134 heavy (non-hydrogen) atoms. The first-order valence-electron chi connectivity index (χ1n) is 44.4. The third-order valence-corrected chi connectivity index (χ3v) is 27.5. The van der Waals surface area contributed by atoms with Gasteiger partial charge in [0.1, 0.15) is 22.4 Å². The average Bonchev–Trinajstić information content (AvgIpc) is 1.62. The molecule has 0 saturated heterocycles. The van der Waals surface area contributed by atoms with Crippen molar-refractivity contribution in [2.24, 2.45) is 21.1 Å². The highest BCUT2D eigenvalue weighted by Gasteiger charge is 2.31. The van der Waals surface area contributed by atoms with Crippen LogP contribution in [0.1, 0.15) is 154 Å². The zero-order chi connectivity index (χ0) is 93.9. The Morgan fingerprint density at radius 3 is 0.985 bits per heavy atom. The summed E-state index contributed by atoms with van der Waals surface area (Å²) in [7, 11) is 5.27. The number of benzene rings is 8. The number of anilines is 1. The number of imidazole rings is 3. The van der Waals surface area contributed by atoms with E-state index in [1.807, 2.05) is 134 Å².